The lowest BCUT2D eigenvalue weighted by Crippen LogP contribution is -2.36. The molecule has 0 atom stereocenters. The third kappa shape index (κ3) is 5.66. The van der Waals surface area contributed by atoms with Crippen molar-refractivity contribution in [1.82, 2.24) is 4.90 Å². The van der Waals surface area contributed by atoms with E-state index in [4.69, 9.17) is 27.9 Å². The van der Waals surface area contributed by atoms with Gasteiger partial charge in [-0.15, -0.1) is 0 Å². The molecule has 25 heavy (non-hydrogen) atoms. The molecule has 0 aliphatic rings. The summed E-state index contributed by atoms with van der Waals surface area (Å²) in [5.74, 6) is 0.0102. The topological polar surface area (TPSA) is 58.6 Å². The van der Waals surface area contributed by atoms with Crippen LogP contribution in [-0.4, -0.2) is 30.4 Å². The number of rotatable bonds is 6. The number of hydrogen-bond donors (Lipinski definition) is 1. The lowest BCUT2D eigenvalue weighted by Gasteiger charge is -2.21. The Morgan fingerprint density at radius 3 is 2.36 bits per heavy atom. The minimum Gasteiger partial charge on any atom is -0.495 e. The van der Waals surface area contributed by atoms with Crippen LogP contribution in [0.15, 0.2) is 42.5 Å². The van der Waals surface area contributed by atoms with Crippen molar-refractivity contribution in [3.05, 3.63) is 58.1 Å². The van der Waals surface area contributed by atoms with Crippen LogP contribution in [-0.2, 0) is 16.1 Å². The molecule has 5 nitrogen and oxygen atoms in total. The number of ether oxygens (including phenoxy) is 1. The van der Waals surface area contributed by atoms with E-state index in [-0.39, 0.29) is 18.4 Å². The van der Waals surface area contributed by atoms with Crippen molar-refractivity contribution in [2.75, 3.05) is 19.0 Å². The molecule has 0 aromatic heterocycles. The zero-order valence-electron chi connectivity index (χ0n) is 13.9. The molecule has 0 unspecified atom stereocenters. The Morgan fingerprint density at radius 2 is 1.80 bits per heavy atom. The molecular formula is C18H18Cl2N2O3. The molecule has 0 fully saturated rings. The Labute approximate surface area is 156 Å². The number of carbonyl (C=O) groups excluding carboxylic acids is 2. The van der Waals surface area contributed by atoms with Crippen LogP contribution in [0.25, 0.3) is 0 Å². The van der Waals surface area contributed by atoms with Crippen LogP contribution >= 0.6 is 23.2 Å². The monoisotopic (exact) mass is 380 g/mol. The van der Waals surface area contributed by atoms with Crippen molar-refractivity contribution in [3.63, 3.8) is 0 Å². The Balaban J connectivity index is 2.01. The number of methoxy groups -OCH3 is 1. The lowest BCUT2D eigenvalue weighted by atomic mass is 10.2. The Morgan fingerprint density at radius 1 is 1.12 bits per heavy atom. The number of amides is 2. The number of nitrogens with zero attached hydrogens (tertiary/aromatic N) is 1. The first kappa shape index (κ1) is 19.1. The van der Waals surface area contributed by atoms with Gasteiger partial charge in [0.15, 0.2) is 0 Å². The summed E-state index contributed by atoms with van der Waals surface area (Å²) < 4.78 is 5.07. The third-order valence-electron chi connectivity index (χ3n) is 3.50. The van der Waals surface area contributed by atoms with Crippen molar-refractivity contribution >= 4 is 40.7 Å². The van der Waals surface area contributed by atoms with E-state index in [0.29, 0.717) is 28.0 Å². The number of benzene rings is 2. The Bertz CT molecular complexity index is 763. The zero-order valence-corrected chi connectivity index (χ0v) is 15.4. The Kier molecular flexibility index (Phi) is 6.67. The summed E-state index contributed by atoms with van der Waals surface area (Å²) in [6.45, 7) is 1.68. The van der Waals surface area contributed by atoms with E-state index in [1.165, 1.54) is 18.9 Å². The molecule has 2 aromatic rings. The maximum Gasteiger partial charge on any atom is 0.244 e. The van der Waals surface area contributed by atoms with Gasteiger partial charge in [0, 0.05) is 24.2 Å². The van der Waals surface area contributed by atoms with Gasteiger partial charge in [0.1, 0.15) is 12.3 Å². The average molecular weight is 381 g/mol. The van der Waals surface area contributed by atoms with Gasteiger partial charge in [-0.1, -0.05) is 35.3 Å². The molecule has 0 spiro atoms. The van der Waals surface area contributed by atoms with Crippen LogP contribution in [0.1, 0.15) is 12.5 Å². The molecule has 0 aliphatic heterocycles. The van der Waals surface area contributed by atoms with Crippen molar-refractivity contribution in [1.29, 1.82) is 0 Å². The maximum absolute atomic E-state index is 12.2. The predicted octanol–water partition coefficient (Wildman–Crippen LogP) is 3.99. The van der Waals surface area contributed by atoms with E-state index >= 15 is 0 Å². The number of anilines is 1. The molecule has 0 bridgehead atoms. The molecule has 0 saturated carbocycles. The molecule has 2 amide bonds. The number of nitrogens with one attached hydrogen (secondary N) is 1. The fraction of sp³-hybridized carbons (Fsp3) is 0.222. The number of carbonyl (C=O) groups is 2. The minimum absolute atomic E-state index is 0.0678. The third-order valence-corrected chi connectivity index (χ3v) is 4.05. The van der Waals surface area contributed by atoms with E-state index in [0.717, 1.165) is 5.56 Å². The molecule has 2 aromatic carbocycles. The predicted molar refractivity (Wildman–Crippen MR) is 99.2 cm³/mol. The molecule has 132 valence electrons. The summed E-state index contributed by atoms with van der Waals surface area (Å²) >= 11 is 11.9. The van der Waals surface area contributed by atoms with E-state index in [2.05, 4.69) is 5.32 Å². The van der Waals surface area contributed by atoms with Gasteiger partial charge in [-0.05, 0) is 35.9 Å². The number of hydrogen-bond acceptors (Lipinski definition) is 3. The summed E-state index contributed by atoms with van der Waals surface area (Å²) in [6.07, 6.45) is 0. The molecule has 7 heteroatoms. The molecule has 0 aliphatic carbocycles. The van der Waals surface area contributed by atoms with Crippen LogP contribution in [0.2, 0.25) is 10.0 Å². The summed E-state index contributed by atoms with van der Waals surface area (Å²) in [5, 5.41) is 3.73. The van der Waals surface area contributed by atoms with Gasteiger partial charge < -0.3 is 15.0 Å². The molecule has 1 N–H and O–H groups in total. The largest absolute Gasteiger partial charge is 0.495 e. The Hall–Kier alpha value is -2.24. The maximum atomic E-state index is 12.2. The summed E-state index contributed by atoms with van der Waals surface area (Å²) in [6, 6.07) is 12.1. The van der Waals surface area contributed by atoms with Gasteiger partial charge in [-0.25, -0.2) is 0 Å². The van der Waals surface area contributed by atoms with E-state index < -0.39 is 0 Å². The summed E-state index contributed by atoms with van der Waals surface area (Å²) in [4.78, 5) is 25.5. The van der Waals surface area contributed by atoms with E-state index in [9.17, 15) is 9.59 Å². The van der Waals surface area contributed by atoms with Crippen molar-refractivity contribution < 1.29 is 14.3 Å². The van der Waals surface area contributed by atoms with Crippen LogP contribution in [0.3, 0.4) is 0 Å². The average Bonchev–Trinajstić information content (AvgIpc) is 2.56. The molecule has 0 heterocycles. The molecular weight excluding hydrogens is 363 g/mol. The van der Waals surface area contributed by atoms with Crippen LogP contribution in [0.4, 0.5) is 5.69 Å². The van der Waals surface area contributed by atoms with Crippen LogP contribution < -0.4 is 10.1 Å². The van der Waals surface area contributed by atoms with E-state index in [1.54, 1.807) is 30.3 Å². The highest BCUT2D eigenvalue weighted by molar-refractivity contribution is 6.32. The normalized spacial score (nSPS) is 10.2. The second-order valence-electron chi connectivity index (χ2n) is 5.40. The van der Waals surface area contributed by atoms with Gasteiger partial charge in [-0.2, -0.15) is 0 Å². The molecule has 2 rings (SSSR count). The fourth-order valence-corrected chi connectivity index (χ4v) is 2.59. The standard InChI is InChI=1S/C18H18Cl2N2O3/c1-12(23)22(10-13-3-5-14(19)6-4-13)11-18(24)21-15-7-8-17(25-2)16(20)9-15/h3-9H,10-11H2,1-2H3,(H,21,24). The van der Waals surface area contributed by atoms with Crippen molar-refractivity contribution in [2.24, 2.45) is 0 Å². The fourth-order valence-electron chi connectivity index (χ4n) is 2.21. The summed E-state index contributed by atoms with van der Waals surface area (Å²) in [5.41, 5.74) is 1.42. The van der Waals surface area contributed by atoms with E-state index in [1.807, 2.05) is 12.1 Å². The smallest absolute Gasteiger partial charge is 0.244 e. The van der Waals surface area contributed by atoms with Crippen LogP contribution in [0.5, 0.6) is 5.75 Å². The van der Waals surface area contributed by atoms with Gasteiger partial charge in [0.05, 0.1) is 12.1 Å². The van der Waals surface area contributed by atoms with Crippen molar-refractivity contribution in [2.45, 2.75) is 13.5 Å². The minimum atomic E-state index is -0.314. The highest BCUT2D eigenvalue weighted by atomic mass is 35.5. The first-order valence-electron chi connectivity index (χ1n) is 7.52. The van der Waals surface area contributed by atoms with Crippen molar-refractivity contribution in [3.8, 4) is 5.75 Å². The van der Waals surface area contributed by atoms with Gasteiger partial charge in [0.25, 0.3) is 0 Å². The first-order valence-corrected chi connectivity index (χ1v) is 8.28. The summed E-state index contributed by atoms with van der Waals surface area (Å²) in [7, 11) is 1.51. The van der Waals surface area contributed by atoms with Gasteiger partial charge in [-0.3, -0.25) is 9.59 Å². The molecule has 0 saturated heterocycles. The zero-order chi connectivity index (χ0) is 18.4. The molecule has 0 radical (unpaired) electrons. The van der Waals surface area contributed by atoms with Gasteiger partial charge in [0.2, 0.25) is 11.8 Å². The highest BCUT2D eigenvalue weighted by Gasteiger charge is 2.15. The van der Waals surface area contributed by atoms with Gasteiger partial charge >= 0.3 is 0 Å². The number of halogens is 2. The first-order chi connectivity index (χ1) is 11.9. The quantitative estimate of drug-likeness (QED) is 0.823. The second kappa shape index (κ2) is 8.74. The second-order valence-corrected chi connectivity index (χ2v) is 6.24. The van der Waals surface area contributed by atoms with Crippen LogP contribution in [0, 0.1) is 0 Å². The lowest BCUT2D eigenvalue weighted by molar-refractivity contribution is -0.133. The highest BCUT2D eigenvalue weighted by Crippen LogP contribution is 2.27. The SMILES string of the molecule is COc1ccc(NC(=O)CN(Cc2ccc(Cl)cc2)C(C)=O)cc1Cl.